The zero-order valence-electron chi connectivity index (χ0n) is 7.18. The van der Waals surface area contributed by atoms with Gasteiger partial charge in [-0.1, -0.05) is 6.08 Å². The summed E-state index contributed by atoms with van der Waals surface area (Å²) >= 11 is 0. The average molecular weight is 158 g/mol. The molecule has 0 saturated carbocycles. The third kappa shape index (κ3) is 6.04. The van der Waals surface area contributed by atoms with Gasteiger partial charge in [0, 0.05) is 19.3 Å². The minimum absolute atomic E-state index is 0.305. The quantitative estimate of drug-likeness (QED) is 0.249. The van der Waals surface area contributed by atoms with Gasteiger partial charge in [-0.15, -0.1) is 6.58 Å². The van der Waals surface area contributed by atoms with Crippen LogP contribution >= 0.6 is 0 Å². The van der Waals surface area contributed by atoms with Crippen molar-refractivity contribution in [2.45, 2.75) is 25.8 Å². The Labute approximate surface area is 68.6 Å². The summed E-state index contributed by atoms with van der Waals surface area (Å²) in [5.41, 5.74) is 2.71. The van der Waals surface area contributed by atoms with Crippen LogP contribution in [-0.4, -0.2) is 19.3 Å². The number of hydrazine groups is 1. The van der Waals surface area contributed by atoms with Gasteiger partial charge in [0.25, 0.3) is 0 Å². The zero-order chi connectivity index (χ0) is 8.53. The van der Waals surface area contributed by atoms with Crippen molar-refractivity contribution >= 4 is 0 Å². The van der Waals surface area contributed by atoms with Crippen LogP contribution in [0.2, 0.25) is 0 Å². The molecule has 0 radical (unpaired) electrons. The molecule has 0 saturated heterocycles. The second-order valence-corrected chi connectivity index (χ2v) is 2.37. The first-order valence-electron chi connectivity index (χ1n) is 3.99. The number of ether oxygens (including phenoxy) is 1. The highest BCUT2D eigenvalue weighted by Gasteiger charge is 2.02. The maximum absolute atomic E-state index is 5.29. The topological polar surface area (TPSA) is 47.3 Å². The lowest BCUT2D eigenvalue weighted by Gasteiger charge is -2.12. The molecular formula is C8H18N2O. The Morgan fingerprint density at radius 2 is 2.45 bits per heavy atom. The van der Waals surface area contributed by atoms with Crippen molar-refractivity contribution < 1.29 is 4.74 Å². The van der Waals surface area contributed by atoms with Crippen LogP contribution in [0.4, 0.5) is 0 Å². The molecule has 0 amide bonds. The molecule has 0 aromatic heterocycles. The first-order chi connectivity index (χ1) is 5.35. The van der Waals surface area contributed by atoms with Crippen molar-refractivity contribution in [1.82, 2.24) is 5.43 Å². The SMILES string of the molecule is C=CCC(CCOCC)NN. The van der Waals surface area contributed by atoms with Gasteiger partial charge in [0.1, 0.15) is 0 Å². The van der Waals surface area contributed by atoms with Gasteiger partial charge < -0.3 is 4.74 Å². The van der Waals surface area contributed by atoms with Crippen LogP contribution in [0.15, 0.2) is 12.7 Å². The molecule has 0 aliphatic carbocycles. The smallest absolute Gasteiger partial charge is 0.0481 e. The van der Waals surface area contributed by atoms with Crippen molar-refractivity contribution in [3.63, 3.8) is 0 Å². The molecule has 0 heterocycles. The Kier molecular flexibility index (Phi) is 7.46. The van der Waals surface area contributed by atoms with E-state index in [2.05, 4.69) is 12.0 Å². The molecule has 0 aliphatic rings. The van der Waals surface area contributed by atoms with Gasteiger partial charge >= 0.3 is 0 Å². The minimum Gasteiger partial charge on any atom is -0.382 e. The van der Waals surface area contributed by atoms with Crippen LogP contribution in [-0.2, 0) is 4.74 Å². The van der Waals surface area contributed by atoms with Crippen molar-refractivity contribution in [3.05, 3.63) is 12.7 Å². The van der Waals surface area contributed by atoms with E-state index >= 15 is 0 Å². The molecule has 3 N–H and O–H groups in total. The van der Waals surface area contributed by atoms with Crippen LogP contribution in [0.5, 0.6) is 0 Å². The second-order valence-electron chi connectivity index (χ2n) is 2.37. The Morgan fingerprint density at radius 3 is 2.91 bits per heavy atom. The first kappa shape index (κ1) is 10.6. The Balaban J connectivity index is 3.27. The lowest BCUT2D eigenvalue weighted by molar-refractivity contribution is 0.136. The fourth-order valence-electron chi connectivity index (χ4n) is 0.840. The number of hydrogen-bond acceptors (Lipinski definition) is 3. The van der Waals surface area contributed by atoms with Gasteiger partial charge in [-0.25, -0.2) is 0 Å². The van der Waals surface area contributed by atoms with Crippen LogP contribution in [0.1, 0.15) is 19.8 Å². The molecule has 1 atom stereocenters. The summed E-state index contributed by atoms with van der Waals surface area (Å²) < 4.78 is 5.18. The van der Waals surface area contributed by atoms with Crippen molar-refractivity contribution in [1.29, 1.82) is 0 Å². The zero-order valence-corrected chi connectivity index (χ0v) is 7.18. The average Bonchev–Trinajstić information content (AvgIpc) is 2.03. The highest BCUT2D eigenvalue weighted by Crippen LogP contribution is 1.97. The predicted octanol–water partition coefficient (Wildman–Crippen LogP) is 0.821. The summed E-state index contributed by atoms with van der Waals surface area (Å²) in [6, 6.07) is 0.305. The molecule has 0 aromatic carbocycles. The molecule has 0 fully saturated rings. The number of nitrogens with two attached hydrogens (primary N) is 1. The highest BCUT2D eigenvalue weighted by atomic mass is 16.5. The van der Waals surface area contributed by atoms with Gasteiger partial charge in [-0.05, 0) is 19.8 Å². The van der Waals surface area contributed by atoms with Crippen molar-refractivity contribution in [2.24, 2.45) is 5.84 Å². The Bertz CT molecular complexity index is 96.1. The molecular weight excluding hydrogens is 140 g/mol. The number of nitrogens with one attached hydrogen (secondary N) is 1. The molecule has 0 spiro atoms. The molecule has 0 aliphatic heterocycles. The summed E-state index contributed by atoms with van der Waals surface area (Å²) in [6.07, 6.45) is 3.69. The Hall–Kier alpha value is -0.380. The molecule has 11 heavy (non-hydrogen) atoms. The first-order valence-corrected chi connectivity index (χ1v) is 3.99. The normalized spacial score (nSPS) is 12.9. The van der Waals surface area contributed by atoms with E-state index in [0.29, 0.717) is 6.04 Å². The molecule has 66 valence electrons. The van der Waals surface area contributed by atoms with Crippen molar-refractivity contribution in [3.8, 4) is 0 Å². The molecule has 0 bridgehead atoms. The van der Waals surface area contributed by atoms with E-state index in [1.54, 1.807) is 0 Å². The maximum Gasteiger partial charge on any atom is 0.0481 e. The fourth-order valence-corrected chi connectivity index (χ4v) is 0.840. The highest BCUT2D eigenvalue weighted by molar-refractivity contribution is 4.76. The second kappa shape index (κ2) is 7.72. The lowest BCUT2D eigenvalue weighted by atomic mass is 10.1. The largest absolute Gasteiger partial charge is 0.382 e. The van der Waals surface area contributed by atoms with Gasteiger partial charge in [0.15, 0.2) is 0 Å². The molecule has 3 nitrogen and oxygen atoms in total. The third-order valence-electron chi connectivity index (χ3n) is 1.50. The molecule has 3 heteroatoms. The van der Waals surface area contributed by atoms with E-state index in [9.17, 15) is 0 Å². The number of rotatable bonds is 7. The predicted molar refractivity (Wildman–Crippen MR) is 47.0 cm³/mol. The van der Waals surface area contributed by atoms with Gasteiger partial charge in [0.05, 0.1) is 0 Å². The summed E-state index contributed by atoms with van der Waals surface area (Å²) in [4.78, 5) is 0. The van der Waals surface area contributed by atoms with Gasteiger partial charge in [0.2, 0.25) is 0 Å². The van der Waals surface area contributed by atoms with E-state index in [4.69, 9.17) is 10.6 Å². The van der Waals surface area contributed by atoms with E-state index < -0.39 is 0 Å². The van der Waals surface area contributed by atoms with Crippen LogP contribution in [0.25, 0.3) is 0 Å². The summed E-state index contributed by atoms with van der Waals surface area (Å²) in [6.45, 7) is 7.16. The van der Waals surface area contributed by atoms with Gasteiger partial charge in [-0.2, -0.15) is 0 Å². The monoisotopic (exact) mass is 158 g/mol. The van der Waals surface area contributed by atoms with E-state index in [-0.39, 0.29) is 0 Å². The van der Waals surface area contributed by atoms with Crippen LogP contribution in [0.3, 0.4) is 0 Å². The lowest BCUT2D eigenvalue weighted by Crippen LogP contribution is -2.35. The molecule has 1 unspecified atom stereocenters. The Morgan fingerprint density at radius 1 is 1.73 bits per heavy atom. The summed E-state index contributed by atoms with van der Waals surface area (Å²) in [5.74, 6) is 5.29. The van der Waals surface area contributed by atoms with E-state index in [1.165, 1.54) is 0 Å². The number of hydrogen-bond donors (Lipinski definition) is 2. The maximum atomic E-state index is 5.29. The minimum atomic E-state index is 0.305. The van der Waals surface area contributed by atoms with E-state index in [1.807, 2.05) is 13.0 Å². The van der Waals surface area contributed by atoms with Gasteiger partial charge in [-0.3, -0.25) is 11.3 Å². The molecule has 0 aromatic rings. The fraction of sp³-hybridized carbons (Fsp3) is 0.750. The van der Waals surface area contributed by atoms with Crippen LogP contribution in [0, 0.1) is 0 Å². The summed E-state index contributed by atoms with van der Waals surface area (Å²) in [5, 5.41) is 0. The standard InChI is InChI=1S/C8H18N2O/c1-3-5-8(10-9)6-7-11-4-2/h3,8,10H,1,4-7,9H2,2H3. The van der Waals surface area contributed by atoms with E-state index in [0.717, 1.165) is 26.1 Å². The van der Waals surface area contributed by atoms with Crippen molar-refractivity contribution in [2.75, 3.05) is 13.2 Å². The molecule has 0 rings (SSSR count). The van der Waals surface area contributed by atoms with Crippen LogP contribution < -0.4 is 11.3 Å². The third-order valence-corrected chi connectivity index (χ3v) is 1.50. The summed E-state index contributed by atoms with van der Waals surface area (Å²) in [7, 11) is 0.